The summed E-state index contributed by atoms with van der Waals surface area (Å²) in [4.78, 5) is 41.7. The van der Waals surface area contributed by atoms with E-state index in [1.165, 1.54) is 28.6 Å². The van der Waals surface area contributed by atoms with E-state index in [9.17, 15) is 14.0 Å². The van der Waals surface area contributed by atoms with E-state index in [4.69, 9.17) is 9.79 Å². The van der Waals surface area contributed by atoms with Gasteiger partial charge in [-0.2, -0.15) is 11.8 Å². The van der Waals surface area contributed by atoms with Crippen LogP contribution in [0.5, 0.6) is 0 Å². The number of aromatic nitrogens is 2. The maximum atomic E-state index is 12.8. The molecule has 1 aromatic rings. The van der Waals surface area contributed by atoms with Crippen LogP contribution in [0.1, 0.15) is 0 Å². The summed E-state index contributed by atoms with van der Waals surface area (Å²) in [7, 11) is -1.98. The number of aromatic amines is 1. The molecule has 1 atom stereocenters. The molecule has 3 N–H and O–H groups in total. The van der Waals surface area contributed by atoms with Crippen molar-refractivity contribution in [1.29, 1.82) is 0 Å². The van der Waals surface area contributed by atoms with Gasteiger partial charge in [-0.15, -0.1) is 0 Å². The van der Waals surface area contributed by atoms with E-state index in [-0.39, 0.29) is 12.0 Å². The summed E-state index contributed by atoms with van der Waals surface area (Å²) in [6.45, 7) is -0.471. The van der Waals surface area contributed by atoms with E-state index in [2.05, 4.69) is 4.98 Å². The highest BCUT2D eigenvalue weighted by Gasteiger charge is 2.12. The van der Waals surface area contributed by atoms with E-state index in [1.807, 2.05) is 0 Å². The van der Waals surface area contributed by atoms with Gasteiger partial charge in [-0.25, -0.2) is 4.79 Å². The highest BCUT2D eigenvalue weighted by atomic mass is 32.2. The van der Waals surface area contributed by atoms with Gasteiger partial charge in [-0.3, -0.25) is 14.2 Å². The topological polar surface area (TPSA) is 95.3 Å². The van der Waals surface area contributed by atoms with Crippen molar-refractivity contribution in [2.24, 2.45) is 5.92 Å². The summed E-state index contributed by atoms with van der Waals surface area (Å²) in [5.41, 5.74) is -0.905. The molecular formula is C9H14FN2O4PS. The molecule has 0 spiro atoms. The third-order valence-corrected chi connectivity index (χ3v) is 4.49. The van der Waals surface area contributed by atoms with E-state index < -0.39 is 32.2 Å². The lowest BCUT2D eigenvalue weighted by molar-refractivity contribution is 0.347. The second-order valence-electron chi connectivity index (χ2n) is 3.66. The van der Waals surface area contributed by atoms with Crippen molar-refractivity contribution in [2.45, 2.75) is 6.54 Å². The van der Waals surface area contributed by atoms with Gasteiger partial charge in [0.25, 0.3) is 5.56 Å². The molecule has 0 saturated carbocycles. The number of nitrogens with zero attached hydrogens (tertiary/aromatic N) is 1. The van der Waals surface area contributed by atoms with Crippen LogP contribution < -0.4 is 11.2 Å². The molecule has 9 heteroatoms. The lowest BCUT2D eigenvalue weighted by Crippen LogP contribution is -2.31. The predicted octanol–water partition coefficient (Wildman–Crippen LogP) is 0.109. The third kappa shape index (κ3) is 5.30. The molecule has 0 aliphatic carbocycles. The lowest BCUT2D eigenvalue weighted by atomic mass is 10.2. The van der Waals surface area contributed by atoms with Crippen LogP contribution in [-0.2, 0) is 6.54 Å². The van der Waals surface area contributed by atoms with E-state index >= 15 is 0 Å². The second-order valence-corrected chi connectivity index (χ2v) is 6.17. The molecule has 0 radical (unpaired) electrons. The van der Waals surface area contributed by atoms with Gasteiger partial charge in [0.15, 0.2) is 8.38 Å². The van der Waals surface area contributed by atoms with Gasteiger partial charge in [-0.1, -0.05) is 0 Å². The molecule has 18 heavy (non-hydrogen) atoms. The average Bonchev–Trinajstić information content (AvgIpc) is 2.30. The lowest BCUT2D eigenvalue weighted by Gasteiger charge is -2.14. The zero-order chi connectivity index (χ0) is 13.5. The van der Waals surface area contributed by atoms with Crippen molar-refractivity contribution >= 4 is 20.1 Å². The van der Waals surface area contributed by atoms with Gasteiger partial charge in [-0.05, 0) is 0 Å². The Bertz CT molecular complexity index is 478. The molecule has 0 aliphatic rings. The largest absolute Gasteiger partial charge is 0.349 e. The van der Waals surface area contributed by atoms with Crippen molar-refractivity contribution < 1.29 is 14.2 Å². The standard InChI is InChI=1S/C9H14FN2O4PS/c10-3-7(5-18-6-17(15)16)4-12-2-1-8(13)11-9(12)14/h1-2,7,15-16H,3-6H2,(H,11,13,14). The molecule has 1 unspecified atom stereocenters. The summed E-state index contributed by atoms with van der Waals surface area (Å²) < 4.78 is 14.0. The molecule has 1 heterocycles. The van der Waals surface area contributed by atoms with Crippen LogP contribution in [0.25, 0.3) is 0 Å². The normalized spacial score (nSPS) is 12.9. The molecule has 0 fully saturated rings. The Morgan fingerprint density at radius 3 is 2.78 bits per heavy atom. The molecule has 1 rings (SSSR count). The van der Waals surface area contributed by atoms with Crippen LogP contribution in [-0.4, -0.2) is 37.3 Å². The zero-order valence-corrected chi connectivity index (χ0v) is 11.2. The molecule has 0 aliphatic heterocycles. The number of nitrogens with one attached hydrogen (secondary N) is 1. The first kappa shape index (κ1) is 15.4. The van der Waals surface area contributed by atoms with Gasteiger partial charge in [0.2, 0.25) is 0 Å². The minimum absolute atomic E-state index is 0.147. The Morgan fingerprint density at radius 2 is 2.22 bits per heavy atom. The van der Waals surface area contributed by atoms with Gasteiger partial charge in [0.05, 0.1) is 12.2 Å². The van der Waals surface area contributed by atoms with Crippen LogP contribution in [0, 0.1) is 5.92 Å². The van der Waals surface area contributed by atoms with Crippen LogP contribution in [0.15, 0.2) is 21.9 Å². The maximum absolute atomic E-state index is 12.8. The van der Waals surface area contributed by atoms with Crippen LogP contribution in [0.4, 0.5) is 4.39 Å². The maximum Gasteiger partial charge on any atom is 0.328 e. The van der Waals surface area contributed by atoms with E-state index in [1.54, 1.807) is 0 Å². The summed E-state index contributed by atoms with van der Waals surface area (Å²) in [5, 5.41) is 0. The Balaban J connectivity index is 2.57. The minimum Gasteiger partial charge on any atom is -0.349 e. The number of alkyl halides is 1. The van der Waals surface area contributed by atoms with Crippen molar-refractivity contribution in [3.8, 4) is 0 Å². The Labute approximate surface area is 108 Å². The SMILES string of the molecule is O=c1ccn(CC(CF)CSCP(O)O)c(=O)[nH]1. The Hall–Kier alpha value is -0.690. The van der Waals surface area contributed by atoms with Crippen LogP contribution in [0.2, 0.25) is 0 Å². The highest BCUT2D eigenvalue weighted by molar-refractivity contribution is 8.03. The third-order valence-electron chi connectivity index (χ3n) is 2.13. The van der Waals surface area contributed by atoms with Crippen molar-refractivity contribution in [3.63, 3.8) is 0 Å². The van der Waals surface area contributed by atoms with Crippen molar-refractivity contribution in [3.05, 3.63) is 33.1 Å². The molecule has 0 aromatic carbocycles. The molecule has 1 aromatic heterocycles. The number of hydrogen-bond donors (Lipinski definition) is 3. The summed E-state index contributed by atoms with van der Waals surface area (Å²) in [6, 6.07) is 1.20. The summed E-state index contributed by atoms with van der Waals surface area (Å²) >= 11 is 1.22. The van der Waals surface area contributed by atoms with E-state index in [0.717, 1.165) is 0 Å². The fourth-order valence-corrected chi connectivity index (χ4v) is 2.92. The van der Waals surface area contributed by atoms with Crippen LogP contribution >= 0.6 is 20.1 Å². The molecule has 6 nitrogen and oxygen atoms in total. The zero-order valence-electron chi connectivity index (χ0n) is 9.45. The minimum atomic E-state index is -1.98. The van der Waals surface area contributed by atoms with Gasteiger partial charge < -0.3 is 14.4 Å². The molecule has 102 valence electrons. The number of thioether (sulfide) groups is 1. The number of rotatable bonds is 7. The molecule has 0 saturated heterocycles. The van der Waals surface area contributed by atoms with Gasteiger partial charge in [0, 0.05) is 30.5 Å². The van der Waals surface area contributed by atoms with Crippen molar-refractivity contribution in [2.75, 3.05) is 17.9 Å². The quantitative estimate of drug-likeness (QED) is 0.621. The van der Waals surface area contributed by atoms with Crippen molar-refractivity contribution in [1.82, 2.24) is 9.55 Å². The predicted molar refractivity (Wildman–Crippen MR) is 69.5 cm³/mol. The highest BCUT2D eigenvalue weighted by Crippen LogP contribution is 2.29. The van der Waals surface area contributed by atoms with Crippen LogP contribution in [0.3, 0.4) is 0 Å². The average molecular weight is 296 g/mol. The fourth-order valence-electron chi connectivity index (χ4n) is 1.31. The van der Waals surface area contributed by atoms with Gasteiger partial charge >= 0.3 is 5.69 Å². The first-order valence-corrected chi connectivity index (χ1v) is 7.70. The summed E-state index contributed by atoms with van der Waals surface area (Å²) in [6.07, 6.45) is 1.32. The smallest absolute Gasteiger partial charge is 0.328 e. The first-order valence-electron chi connectivity index (χ1n) is 5.11. The number of hydrogen-bond acceptors (Lipinski definition) is 5. The molecular weight excluding hydrogens is 282 g/mol. The molecule has 0 bridgehead atoms. The fraction of sp³-hybridized carbons (Fsp3) is 0.556. The van der Waals surface area contributed by atoms with E-state index in [0.29, 0.717) is 5.75 Å². The second kappa shape index (κ2) is 7.68. The first-order chi connectivity index (χ1) is 8.52. The number of H-pyrrole nitrogens is 1. The molecule has 0 amide bonds. The van der Waals surface area contributed by atoms with Gasteiger partial charge in [0.1, 0.15) is 0 Å². The monoisotopic (exact) mass is 296 g/mol. The Morgan fingerprint density at radius 1 is 1.50 bits per heavy atom. The number of halogens is 1. The summed E-state index contributed by atoms with van der Waals surface area (Å²) in [5.74, 6) is -0.0317. The Kier molecular flexibility index (Phi) is 6.56.